The van der Waals surface area contributed by atoms with Gasteiger partial charge in [0.15, 0.2) is 0 Å². The van der Waals surface area contributed by atoms with Crippen LogP contribution in [0.5, 0.6) is 0 Å². The van der Waals surface area contributed by atoms with Gasteiger partial charge in [-0.1, -0.05) is 30.3 Å². The van der Waals surface area contributed by atoms with Gasteiger partial charge in [-0.2, -0.15) is 0 Å². The maximum Gasteiger partial charge on any atom is 0.408 e. The molecule has 0 fully saturated rings. The molecule has 0 saturated carbocycles. The second-order valence-electron chi connectivity index (χ2n) is 7.50. The highest BCUT2D eigenvalue weighted by atomic mass is 31.2. The zero-order valence-corrected chi connectivity index (χ0v) is 18.9. The van der Waals surface area contributed by atoms with Gasteiger partial charge in [0.2, 0.25) is 0 Å². The lowest BCUT2D eigenvalue weighted by Crippen LogP contribution is -2.44. The lowest BCUT2D eigenvalue weighted by Gasteiger charge is -2.23. The lowest BCUT2D eigenvalue weighted by atomic mass is 10.1. The molecule has 0 aromatic heterocycles. The van der Waals surface area contributed by atoms with Gasteiger partial charge < -0.3 is 23.8 Å². The third-order valence-corrected chi connectivity index (χ3v) is 5.69. The molecule has 1 aromatic carbocycles. The first kappa shape index (κ1) is 25.8. The standard InChI is InChI=1S/C20H30NO8P/c1-20(2,3)29-19(24)21-17(12-11-16(22)14-30(25,26-4)27-5)18(23)28-13-15-9-7-6-8-10-15/h6-10,17H,11-14H2,1-5H3,(H,21,24)/t17-/m0/s1. The van der Waals surface area contributed by atoms with Gasteiger partial charge >= 0.3 is 19.7 Å². The molecule has 0 aliphatic heterocycles. The Morgan fingerprint density at radius 1 is 1.07 bits per heavy atom. The van der Waals surface area contributed by atoms with Gasteiger partial charge in [-0.25, -0.2) is 9.59 Å². The van der Waals surface area contributed by atoms with E-state index >= 15 is 0 Å². The van der Waals surface area contributed by atoms with Crippen molar-refractivity contribution in [3.05, 3.63) is 35.9 Å². The van der Waals surface area contributed by atoms with Crippen molar-refractivity contribution in [3.8, 4) is 0 Å². The average molecular weight is 443 g/mol. The monoisotopic (exact) mass is 443 g/mol. The number of carbonyl (C=O) groups excluding carboxylic acids is 3. The molecule has 30 heavy (non-hydrogen) atoms. The molecule has 1 aromatic rings. The van der Waals surface area contributed by atoms with E-state index in [0.29, 0.717) is 0 Å². The molecule has 0 unspecified atom stereocenters. The summed E-state index contributed by atoms with van der Waals surface area (Å²) in [6, 6.07) is 7.92. The van der Waals surface area contributed by atoms with Crippen molar-refractivity contribution in [3.63, 3.8) is 0 Å². The zero-order chi connectivity index (χ0) is 22.8. The fourth-order valence-electron chi connectivity index (χ4n) is 2.33. The number of esters is 1. The van der Waals surface area contributed by atoms with Crippen LogP contribution in [0.1, 0.15) is 39.2 Å². The molecule has 0 saturated heterocycles. The minimum Gasteiger partial charge on any atom is -0.459 e. The molecule has 0 aliphatic carbocycles. The molecule has 1 amide bonds. The van der Waals surface area contributed by atoms with Gasteiger partial charge in [-0.15, -0.1) is 0 Å². The predicted molar refractivity (Wildman–Crippen MR) is 110 cm³/mol. The van der Waals surface area contributed by atoms with E-state index in [2.05, 4.69) is 5.32 Å². The number of benzene rings is 1. The van der Waals surface area contributed by atoms with Crippen LogP contribution in [0.2, 0.25) is 0 Å². The largest absolute Gasteiger partial charge is 0.459 e. The Kier molecular flexibility index (Phi) is 10.2. The Labute approximate surface area is 176 Å². The minimum atomic E-state index is -3.51. The minimum absolute atomic E-state index is 0.0165. The Morgan fingerprint density at radius 2 is 1.67 bits per heavy atom. The SMILES string of the molecule is COP(=O)(CC(=O)CC[C@H](NC(=O)OC(C)(C)C)C(=O)OCc1ccccc1)OC. The van der Waals surface area contributed by atoms with Crippen molar-refractivity contribution in [1.29, 1.82) is 0 Å². The molecule has 0 spiro atoms. The third kappa shape index (κ3) is 10.0. The van der Waals surface area contributed by atoms with Crippen molar-refractivity contribution < 1.29 is 37.5 Å². The number of hydrogen-bond acceptors (Lipinski definition) is 8. The van der Waals surface area contributed by atoms with Crippen LogP contribution in [-0.4, -0.2) is 49.9 Å². The van der Waals surface area contributed by atoms with Crippen LogP contribution in [0.4, 0.5) is 4.79 Å². The van der Waals surface area contributed by atoms with Crippen molar-refractivity contribution in [2.45, 2.75) is 51.9 Å². The highest BCUT2D eigenvalue weighted by molar-refractivity contribution is 7.54. The molecular weight excluding hydrogens is 413 g/mol. The second-order valence-corrected chi connectivity index (χ2v) is 9.77. The second kappa shape index (κ2) is 11.8. The summed E-state index contributed by atoms with van der Waals surface area (Å²) in [7, 11) is -1.14. The summed E-state index contributed by atoms with van der Waals surface area (Å²) in [5.74, 6) is -1.15. The molecule has 0 aliphatic rings. The summed E-state index contributed by atoms with van der Waals surface area (Å²) in [4.78, 5) is 36.8. The smallest absolute Gasteiger partial charge is 0.408 e. The number of ketones is 1. The maximum atomic E-state index is 12.5. The van der Waals surface area contributed by atoms with Crippen LogP contribution in [-0.2, 0) is 39.3 Å². The van der Waals surface area contributed by atoms with Crippen LogP contribution in [0.15, 0.2) is 30.3 Å². The summed E-state index contributed by atoms with van der Waals surface area (Å²) in [6.07, 6.45) is -1.44. The molecule has 9 nitrogen and oxygen atoms in total. The van der Waals surface area contributed by atoms with E-state index in [0.717, 1.165) is 5.56 Å². The normalized spacial score (nSPS) is 12.7. The van der Waals surface area contributed by atoms with Gasteiger partial charge in [0.05, 0.1) is 0 Å². The van der Waals surface area contributed by atoms with Gasteiger partial charge in [0.1, 0.15) is 30.2 Å². The van der Waals surface area contributed by atoms with E-state index in [1.54, 1.807) is 32.9 Å². The number of nitrogens with one attached hydrogen (secondary N) is 1. The van der Waals surface area contributed by atoms with E-state index in [4.69, 9.17) is 18.5 Å². The van der Waals surface area contributed by atoms with Crippen molar-refractivity contribution in [1.82, 2.24) is 5.32 Å². The quantitative estimate of drug-likeness (QED) is 0.408. The summed E-state index contributed by atoms with van der Waals surface area (Å²) >= 11 is 0. The van der Waals surface area contributed by atoms with Crippen molar-refractivity contribution in [2.24, 2.45) is 0 Å². The number of amides is 1. The van der Waals surface area contributed by atoms with Crippen LogP contribution in [0.3, 0.4) is 0 Å². The summed E-state index contributed by atoms with van der Waals surface area (Å²) < 4.78 is 32.0. The molecule has 1 rings (SSSR count). The van der Waals surface area contributed by atoms with Crippen LogP contribution >= 0.6 is 7.60 Å². The summed E-state index contributed by atoms with van der Waals surface area (Å²) in [6.45, 7) is 5.08. The molecule has 168 valence electrons. The van der Waals surface area contributed by atoms with E-state index < -0.39 is 43.2 Å². The highest BCUT2D eigenvalue weighted by Gasteiger charge is 2.29. The molecule has 10 heteroatoms. The Hall–Kier alpha value is -2.22. The van der Waals surface area contributed by atoms with E-state index in [1.165, 1.54) is 14.2 Å². The number of alkyl carbamates (subject to hydrolysis) is 1. The van der Waals surface area contributed by atoms with E-state index in [9.17, 15) is 18.9 Å². The van der Waals surface area contributed by atoms with E-state index in [1.807, 2.05) is 18.2 Å². The topological polar surface area (TPSA) is 117 Å². The Balaban J connectivity index is 2.76. The number of rotatable bonds is 11. The molecule has 0 radical (unpaired) electrons. The predicted octanol–water partition coefficient (Wildman–Crippen LogP) is 3.46. The zero-order valence-electron chi connectivity index (χ0n) is 18.0. The number of carbonyl (C=O) groups is 3. The van der Waals surface area contributed by atoms with Crippen LogP contribution in [0, 0.1) is 0 Å². The van der Waals surface area contributed by atoms with Gasteiger partial charge in [-0.05, 0) is 32.8 Å². The number of ether oxygens (including phenoxy) is 2. The van der Waals surface area contributed by atoms with Gasteiger partial charge in [0.25, 0.3) is 0 Å². The Morgan fingerprint density at radius 3 is 2.20 bits per heavy atom. The molecular formula is C20H30NO8P. The first-order valence-corrected chi connectivity index (χ1v) is 11.1. The fourth-order valence-corrected chi connectivity index (χ4v) is 3.33. The average Bonchev–Trinajstić information content (AvgIpc) is 2.68. The maximum absolute atomic E-state index is 12.5. The van der Waals surface area contributed by atoms with Gasteiger partial charge in [0, 0.05) is 20.6 Å². The molecule has 1 atom stereocenters. The molecule has 0 bridgehead atoms. The third-order valence-electron chi connectivity index (χ3n) is 3.84. The van der Waals surface area contributed by atoms with Crippen molar-refractivity contribution in [2.75, 3.05) is 20.4 Å². The molecule has 1 N–H and O–H groups in total. The fraction of sp³-hybridized carbons (Fsp3) is 0.550. The number of hydrogen-bond donors (Lipinski definition) is 1. The van der Waals surface area contributed by atoms with Crippen LogP contribution in [0.25, 0.3) is 0 Å². The van der Waals surface area contributed by atoms with Crippen molar-refractivity contribution >= 4 is 25.4 Å². The molecule has 0 heterocycles. The summed E-state index contributed by atoms with van der Waals surface area (Å²) in [5.41, 5.74) is 0.0150. The first-order valence-electron chi connectivity index (χ1n) is 9.40. The van der Waals surface area contributed by atoms with Crippen LogP contribution < -0.4 is 5.32 Å². The van der Waals surface area contributed by atoms with Gasteiger partial charge in [-0.3, -0.25) is 9.36 Å². The lowest BCUT2D eigenvalue weighted by molar-refractivity contribution is -0.147. The Bertz CT molecular complexity index is 752. The van der Waals surface area contributed by atoms with E-state index in [-0.39, 0.29) is 19.4 Å². The number of Topliss-reactive ketones (excluding diaryl/α,β-unsaturated/α-hetero) is 1. The summed E-state index contributed by atoms with van der Waals surface area (Å²) in [5, 5.41) is 2.44. The first-order chi connectivity index (χ1) is 14.0. The highest BCUT2D eigenvalue weighted by Crippen LogP contribution is 2.46.